The summed E-state index contributed by atoms with van der Waals surface area (Å²) in [5.74, 6) is 1.50. The molecular weight excluding hydrogens is 384 g/mol. The highest BCUT2D eigenvalue weighted by atomic mass is 32.1. The molecule has 0 spiro atoms. The SMILES string of the molecule is Cc1cc([C@@H]2[C@@H](c3ccccn3)NC(=S)N2c2ccc3c(c2)OCO3)c(C)n1C. The molecule has 2 aliphatic heterocycles. The molecule has 29 heavy (non-hydrogen) atoms. The average molecular weight is 407 g/mol. The maximum absolute atomic E-state index is 5.80. The van der Waals surface area contributed by atoms with Crippen LogP contribution in [-0.2, 0) is 7.05 Å². The van der Waals surface area contributed by atoms with E-state index >= 15 is 0 Å². The van der Waals surface area contributed by atoms with E-state index in [0.29, 0.717) is 5.11 Å². The minimum atomic E-state index is -0.0605. The first-order chi connectivity index (χ1) is 14.0. The molecule has 4 heterocycles. The number of rotatable bonds is 3. The number of aryl methyl sites for hydroxylation is 1. The Hall–Kier alpha value is -3.06. The Kier molecular flexibility index (Phi) is 4.20. The van der Waals surface area contributed by atoms with Crippen LogP contribution in [0.4, 0.5) is 5.69 Å². The third-order valence-corrected chi connectivity index (χ3v) is 6.18. The van der Waals surface area contributed by atoms with Gasteiger partial charge in [-0.3, -0.25) is 4.98 Å². The van der Waals surface area contributed by atoms with Crippen LogP contribution in [0.5, 0.6) is 11.5 Å². The predicted molar refractivity (Wildman–Crippen MR) is 115 cm³/mol. The average Bonchev–Trinajstić information content (AvgIpc) is 3.40. The summed E-state index contributed by atoms with van der Waals surface area (Å²) in [7, 11) is 2.09. The number of aromatic nitrogens is 2. The summed E-state index contributed by atoms with van der Waals surface area (Å²) in [5.41, 5.74) is 5.58. The molecule has 2 atom stereocenters. The quantitative estimate of drug-likeness (QED) is 0.665. The number of pyridine rings is 1. The maximum atomic E-state index is 5.80. The van der Waals surface area contributed by atoms with Gasteiger partial charge in [0, 0.05) is 36.4 Å². The monoisotopic (exact) mass is 406 g/mol. The number of thiocarbonyl (C=S) groups is 1. The molecule has 6 nitrogen and oxygen atoms in total. The Morgan fingerprint density at radius 3 is 2.66 bits per heavy atom. The lowest BCUT2D eigenvalue weighted by Crippen LogP contribution is -2.29. The summed E-state index contributed by atoms with van der Waals surface area (Å²) >= 11 is 5.80. The first kappa shape index (κ1) is 18.0. The van der Waals surface area contributed by atoms with E-state index in [9.17, 15) is 0 Å². The van der Waals surface area contributed by atoms with E-state index in [1.165, 1.54) is 17.0 Å². The van der Waals surface area contributed by atoms with Crippen LogP contribution in [0, 0.1) is 13.8 Å². The zero-order valence-electron chi connectivity index (χ0n) is 16.5. The summed E-state index contributed by atoms with van der Waals surface area (Å²) in [4.78, 5) is 6.78. The number of benzene rings is 1. The Balaban J connectivity index is 1.66. The zero-order chi connectivity index (χ0) is 20.1. The van der Waals surface area contributed by atoms with Crippen molar-refractivity contribution >= 4 is 23.0 Å². The van der Waals surface area contributed by atoms with Gasteiger partial charge < -0.3 is 24.3 Å². The van der Waals surface area contributed by atoms with E-state index in [1.807, 2.05) is 42.6 Å². The van der Waals surface area contributed by atoms with Crippen LogP contribution >= 0.6 is 12.2 Å². The van der Waals surface area contributed by atoms with Crippen molar-refractivity contribution in [2.24, 2.45) is 7.05 Å². The molecule has 1 aromatic carbocycles. The lowest BCUT2D eigenvalue weighted by atomic mass is 9.96. The van der Waals surface area contributed by atoms with Crippen LogP contribution in [0.25, 0.3) is 0 Å². The Labute approximate surface area is 175 Å². The van der Waals surface area contributed by atoms with Gasteiger partial charge in [-0.25, -0.2) is 0 Å². The van der Waals surface area contributed by atoms with Crippen molar-refractivity contribution in [3.8, 4) is 11.5 Å². The number of hydrogen-bond acceptors (Lipinski definition) is 4. The Morgan fingerprint density at radius 2 is 1.93 bits per heavy atom. The number of hydrogen-bond donors (Lipinski definition) is 1. The minimum Gasteiger partial charge on any atom is -0.454 e. The van der Waals surface area contributed by atoms with Crippen LogP contribution in [0.3, 0.4) is 0 Å². The highest BCUT2D eigenvalue weighted by Crippen LogP contribution is 2.45. The second-order valence-electron chi connectivity index (χ2n) is 7.42. The smallest absolute Gasteiger partial charge is 0.231 e. The second kappa shape index (κ2) is 6.77. The van der Waals surface area contributed by atoms with Gasteiger partial charge in [0.2, 0.25) is 6.79 Å². The van der Waals surface area contributed by atoms with Crippen molar-refractivity contribution in [2.75, 3.05) is 11.7 Å². The summed E-state index contributed by atoms with van der Waals surface area (Å²) in [5, 5.41) is 4.18. The summed E-state index contributed by atoms with van der Waals surface area (Å²) < 4.78 is 13.3. The molecule has 5 rings (SSSR count). The molecule has 3 aromatic rings. The summed E-state index contributed by atoms with van der Waals surface area (Å²) in [6.07, 6.45) is 1.82. The fourth-order valence-corrected chi connectivity index (χ4v) is 4.51. The first-order valence-corrected chi connectivity index (χ1v) is 9.98. The van der Waals surface area contributed by atoms with Crippen LogP contribution in [0.15, 0.2) is 48.7 Å². The van der Waals surface area contributed by atoms with Crippen LogP contribution in [0.1, 0.15) is 34.7 Å². The molecule has 0 aliphatic carbocycles. The molecule has 1 fully saturated rings. The number of nitrogens with zero attached hydrogens (tertiary/aromatic N) is 3. The minimum absolute atomic E-state index is 0.0299. The highest BCUT2D eigenvalue weighted by molar-refractivity contribution is 7.80. The van der Waals surface area contributed by atoms with Gasteiger partial charge >= 0.3 is 0 Å². The number of ether oxygens (including phenoxy) is 2. The van der Waals surface area contributed by atoms with Gasteiger partial charge in [0.25, 0.3) is 0 Å². The van der Waals surface area contributed by atoms with Gasteiger partial charge in [-0.2, -0.15) is 0 Å². The molecule has 0 amide bonds. The molecule has 0 radical (unpaired) electrons. The van der Waals surface area contributed by atoms with Crippen molar-refractivity contribution in [1.82, 2.24) is 14.9 Å². The Bertz CT molecular complexity index is 1100. The third kappa shape index (κ3) is 2.84. The molecule has 1 saturated heterocycles. The van der Waals surface area contributed by atoms with E-state index in [2.05, 4.69) is 46.7 Å². The zero-order valence-corrected chi connectivity index (χ0v) is 17.4. The molecule has 7 heteroatoms. The molecule has 2 aromatic heterocycles. The second-order valence-corrected chi connectivity index (χ2v) is 7.81. The molecule has 148 valence electrons. The van der Waals surface area contributed by atoms with E-state index in [0.717, 1.165) is 22.9 Å². The molecule has 0 saturated carbocycles. The standard InChI is InChI=1S/C22H22N4O2S/c1-13-10-16(14(2)25(13)3)21-20(17-6-4-5-9-23-17)24-22(29)26(21)15-7-8-18-19(11-15)28-12-27-18/h4-11,20-21H,12H2,1-3H3,(H,24,29)/t20-,21-/m1/s1. The van der Waals surface area contributed by atoms with E-state index in [4.69, 9.17) is 21.7 Å². The highest BCUT2D eigenvalue weighted by Gasteiger charge is 2.42. The molecule has 0 bridgehead atoms. The fourth-order valence-electron chi connectivity index (χ4n) is 4.17. The number of nitrogens with one attached hydrogen (secondary N) is 1. The van der Waals surface area contributed by atoms with Gasteiger partial charge in [0.05, 0.1) is 17.8 Å². The molecule has 1 N–H and O–H groups in total. The van der Waals surface area contributed by atoms with Gasteiger partial charge in [-0.1, -0.05) is 6.07 Å². The van der Waals surface area contributed by atoms with Gasteiger partial charge in [0.15, 0.2) is 16.6 Å². The molecular formula is C22H22N4O2S. The van der Waals surface area contributed by atoms with E-state index < -0.39 is 0 Å². The summed E-state index contributed by atoms with van der Waals surface area (Å²) in [6.45, 7) is 4.52. The van der Waals surface area contributed by atoms with Crippen LogP contribution in [0.2, 0.25) is 0 Å². The number of anilines is 1. The number of fused-ring (bicyclic) bond motifs is 1. The maximum Gasteiger partial charge on any atom is 0.231 e. The van der Waals surface area contributed by atoms with Crippen molar-refractivity contribution in [3.63, 3.8) is 0 Å². The van der Waals surface area contributed by atoms with Crippen molar-refractivity contribution < 1.29 is 9.47 Å². The first-order valence-electron chi connectivity index (χ1n) is 9.57. The summed E-state index contributed by atoms with van der Waals surface area (Å²) in [6, 6.07) is 14.1. The lowest BCUT2D eigenvalue weighted by molar-refractivity contribution is 0.174. The molecule has 0 unspecified atom stereocenters. The lowest BCUT2D eigenvalue weighted by Gasteiger charge is -2.28. The van der Waals surface area contributed by atoms with Gasteiger partial charge in [-0.15, -0.1) is 0 Å². The Morgan fingerprint density at radius 1 is 1.10 bits per heavy atom. The van der Waals surface area contributed by atoms with E-state index in [-0.39, 0.29) is 18.9 Å². The fraction of sp³-hybridized carbons (Fsp3) is 0.273. The van der Waals surface area contributed by atoms with Gasteiger partial charge in [-0.05, 0) is 62.0 Å². The van der Waals surface area contributed by atoms with Crippen LogP contribution in [-0.4, -0.2) is 21.5 Å². The van der Waals surface area contributed by atoms with Crippen molar-refractivity contribution in [2.45, 2.75) is 25.9 Å². The topological polar surface area (TPSA) is 51.6 Å². The molecule has 2 aliphatic rings. The normalized spacial score (nSPS) is 20.2. The predicted octanol–water partition coefficient (Wildman–Crippen LogP) is 3.94. The largest absolute Gasteiger partial charge is 0.454 e. The van der Waals surface area contributed by atoms with Gasteiger partial charge in [0.1, 0.15) is 0 Å². The van der Waals surface area contributed by atoms with Crippen LogP contribution < -0.4 is 19.7 Å². The van der Waals surface area contributed by atoms with Crippen molar-refractivity contribution in [1.29, 1.82) is 0 Å². The van der Waals surface area contributed by atoms with Crippen molar-refractivity contribution in [3.05, 3.63) is 71.3 Å². The van der Waals surface area contributed by atoms with E-state index in [1.54, 1.807) is 0 Å². The third-order valence-electron chi connectivity index (χ3n) is 5.87.